The molecule has 1 unspecified atom stereocenters. The number of carbonyl (C=O) groups is 2. The van der Waals surface area contributed by atoms with Crippen LogP contribution in [0.3, 0.4) is 0 Å². The maximum absolute atomic E-state index is 13.6. The van der Waals surface area contributed by atoms with E-state index in [2.05, 4.69) is 55.1 Å². The summed E-state index contributed by atoms with van der Waals surface area (Å²) in [6.45, 7) is 9.19. The van der Waals surface area contributed by atoms with Crippen LogP contribution in [0.4, 0.5) is 0 Å². The quantitative estimate of drug-likeness (QED) is 0.482. The highest BCUT2D eigenvalue weighted by Crippen LogP contribution is 2.29. The number of piperidine rings is 2. The normalized spacial score (nSPS) is 19.8. The largest absolute Gasteiger partial charge is 0.343 e. The maximum Gasteiger partial charge on any atom is 0.254 e. The summed E-state index contributed by atoms with van der Waals surface area (Å²) in [6, 6.07) is 19.2. The van der Waals surface area contributed by atoms with Crippen LogP contribution in [0.5, 0.6) is 0 Å². The Labute approximate surface area is 208 Å². The van der Waals surface area contributed by atoms with Crippen LogP contribution in [-0.4, -0.2) is 71.8 Å². The highest BCUT2D eigenvalue weighted by Gasteiger charge is 2.34. The van der Waals surface area contributed by atoms with Gasteiger partial charge in [-0.1, -0.05) is 36.4 Å². The van der Waals surface area contributed by atoms with Crippen molar-refractivity contribution in [1.29, 1.82) is 0 Å². The molecule has 2 fully saturated rings. The van der Waals surface area contributed by atoms with E-state index >= 15 is 0 Å². The molecule has 0 saturated carbocycles. The molecule has 1 atom stereocenters. The first kappa shape index (κ1) is 23.8. The molecule has 5 rings (SSSR count). The molecule has 5 nitrogen and oxygen atoms in total. The lowest BCUT2D eigenvalue weighted by atomic mass is 9.92. The Hall–Kier alpha value is -2.92. The minimum absolute atomic E-state index is 0.119. The van der Waals surface area contributed by atoms with Crippen molar-refractivity contribution in [2.75, 3.05) is 39.3 Å². The summed E-state index contributed by atoms with van der Waals surface area (Å²) >= 11 is 0. The van der Waals surface area contributed by atoms with E-state index < -0.39 is 0 Å². The number of hydrogen-bond acceptors (Lipinski definition) is 3. The number of nitrogens with zero attached hydrogens (tertiary/aromatic N) is 3. The number of likely N-dealkylation sites (tertiary alicyclic amines) is 2. The van der Waals surface area contributed by atoms with E-state index in [0.29, 0.717) is 11.9 Å². The zero-order valence-corrected chi connectivity index (χ0v) is 21.1. The zero-order chi connectivity index (χ0) is 24.4. The summed E-state index contributed by atoms with van der Waals surface area (Å²) in [4.78, 5) is 33.0. The van der Waals surface area contributed by atoms with E-state index in [1.165, 1.54) is 5.39 Å². The number of carbonyl (C=O) groups excluding carboxylic acids is 2. The van der Waals surface area contributed by atoms with Crippen molar-refractivity contribution in [2.45, 2.75) is 45.6 Å². The summed E-state index contributed by atoms with van der Waals surface area (Å²) in [5.41, 5.74) is 0.801. The molecular formula is C30H37N3O2. The highest BCUT2D eigenvalue weighted by molar-refractivity contribution is 6.10. The Morgan fingerprint density at radius 2 is 1.54 bits per heavy atom. The molecule has 0 aromatic heterocycles. The van der Waals surface area contributed by atoms with Crippen LogP contribution in [0.15, 0.2) is 54.6 Å². The van der Waals surface area contributed by atoms with Gasteiger partial charge in [0.15, 0.2) is 0 Å². The molecule has 0 bridgehead atoms. The van der Waals surface area contributed by atoms with Crippen LogP contribution < -0.4 is 0 Å². The average molecular weight is 472 g/mol. The second-order valence-electron chi connectivity index (χ2n) is 10.1. The van der Waals surface area contributed by atoms with Crippen LogP contribution >= 0.6 is 0 Å². The number of fused-ring (bicyclic) bond motifs is 2. The molecular weight excluding hydrogens is 434 g/mol. The molecule has 0 aliphatic carbocycles. The number of benzene rings is 3. The van der Waals surface area contributed by atoms with Gasteiger partial charge in [-0.15, -0.1) is 0 Å². The Bertz CT molecular complexity index is 1210. The minimum atomic E-state index is 0.119. The summed E-state index contributed by atoms with van der Waals surface area (Å²) in [6.07, 6.45) is 4.04. The van der Waals surface area contributed by atoms with Gasteiger partial charge in [0.1, 0.15) is 0 Å². The fourth-order valence-electron chi connectivity index (χ4n) is 6.09. The zero-order valence-electron chi connectivity index (χ0n) is 21.1. The average Bonchev–Trinajstić information content (AvgIpc) is 2.92. The predicted molar refractivity (Wildman–Crippen MR) is 143 cm³/mol. The van der Waals surface area contributed by atoms with Gasteiger partial charge in [0.2, 0.25) is 5.91 Å². The van der Waals surface area contributed by atoms with Crippen molar-refractivity contribution >= 4 is 33.4 Å². The third kappa shape index (κ3) is 4.79. The van der Waals surface area contributed by atoms with Crippen molar-refractivity contribution in [3.05, 3.63) is 60.2 Å². The second-order valence-corrected chi connectivity index (χ2v) is 10.1. The molecule has 35 heavy (non-hydrogen) atoms. The lowest BCUT2D eigenvalue weighted by Gasteiger charge is -2.42. The maximum atomic E-state index is 13.6. The Balaban J connectivity index is 1.26. The van der Waals surface area contributed by atoms with Crippen LogP contribution in [0.25, 0.3) is 21.5 Å². The Kier molecular flexibility index (Phi) is 7.05. The van der Waals surface area contributed by atoms with Crippen molar-refractivity contribution in [3.63, 3.8) is 0 Å². The lowest BCUT2D eigenvalue weighted by molar-refractivity contribution is -0.137. The van der Waals surface area contributed by atoms with E-state index in [4.69, 9.17) is 0 Å². The monoisotopic (exact) mass is 471 g/mol. The fraction of sp³-hybridized carbons (Fsp3) is 0.467. The van der Waals surface area contributed by atoms with Crippen LogP contribution in [0.1, 0.15) is 49.9 Å². The number of amides is 2. The first-order valence-electron chi connectivity index (χ1n) is 13.3. The first-order chi connectivity index (χ1) is 17.1. The third-order valence-electron chi connectivity index (χ3n) is 8.12. The number of hydrogen-bond donors (Lipinski definition) is 0. The highest BCUT2D eigenvalue weighted by atomic mass is 16.2. The molecule has 0 N–H and O–H groups in total. The van der Waals surface area contributed by atoms with E-state index in [0.717, 1.165) is 86.7 Å². The molecule has 3 aromatic rings. The molecule has 0 spiro atoms. The second kappa shape index (κ2) is 10.4. The van der Waals surface area contributed by atoms with Crippen molar-refractivity contribution in [3.8, 4) is 0 Å². The van der Waals surface area contributed by atoms with Gasteiger partial charge in [0.05, 0.1) is 5.92 Å². The third-order valence-corrected chi connectivity index (χ3v) is 8.12. The summed E-state index contributed by atoms with van der Waals surface area (Å²) in [5, 5.41) is 4.51. The Morgan fingerprint density at radius 3 is 2.26 bits per heavy atom. The van der Waals surface area contributed by atoms with E-state index in [9.17, 15) is 9.59 Å². The van der Waals surface area contributed by atoms with Gasteiger partial charge in [-0.25, -0.2) is 0 Å². The fourth-order valence-corrected chi connectivity index (χ4v) is 6.09. The molecule has 184 valence electrons. The van der Waals surface area contributed by atoms with Gasteiger partial charge in [-0.05, 0) is 85.8 Å². The molecule has 2 saturated heterocycles. The first-order valence-corrected chi connectivity index (χ1v) is 13.3. The molecule has 2 amide bonds. The van der Waals surface area contributed by atoms with E-state index in [1.807, 2.05) is 28.0 Å². The lowest BCUT2D eigenvalue weighted by Crippen LogP contribution is -2.52. The summed E-state index contributed by atoms with van der Waals surface area (Å²) in [7, 11) is 0. The predicted octanol–water partition coefficient (Wildman–Crippen LogP) is 5.18. The van der Waals surface area contributed by atoms with Gasteiger partial charge in [-0.2, -0.15) is 0 Å². The molecule has 2 aliphatic heterocycles. The van der Waals surface area contributed by atoms with E-state index in [1.54, 1.807) is 0 Å². The summed E-state index contributed by atoms with van der Waals surface area (Å²) < 4.78 is 0. The number of rotatable bonds is 5. The standard InChI is InChI=1S/C30H37N3O2/c1-3-31(4-2)29(34)25-12-8-16-33(21-25)26-14-17-32(18-15-26)30(35)27-13-7-11-24-19-22-9-5-6-10-23(22)20-28(24)27/h5-7,9-11,13,19-20,25-26H,3-4,8,12,14-18,21H2,1-2H3. The van der Waals surface area contributed by atoms with Gasteiger partial charge in [0, 0.05) is 44.3 Å². The minimum Gasteiger partial charge on any atom is -0.343 e. The molecule has 2 heterocycles. The molecule has 5 heteroatoms. The smallest absolute Gasteiger partial charge is 0.254 e. The molecule has 0 radical (unpaired) electrons. The van der Waals surface area contributed by atoms with Crippen molar-refractivity contribution in [1.82, 2.24) is 14.7 Å². The molecule has 2 aliphatic rings. The van der Waals surface area contributed by atoms with Crippen molar-refractivity contribution in [2.24, 2.45) is 5.92 Å². The van der Waals surface area contributed by atoms with Gasteiger partial charge in [-0.3, -0.25) is 14.5 Å². The van der Waals surface area contributed by atoms with Crippen LogP contribution in [0.2, 0.25) is 0 Å². The van der Waals surface area contributed by atoms with Crippen LogP contribution in [-0.2, 0) is 4.79 Å². The summed E-state index contributed by atoms with van der Waals surface area (Å²) in [5.74, 6) is 0.571. The van der Waals surface area contributed by atoms with Gasteiger partial charge < -0.3 is 9.80 Å². The Morgan fingerprint density at radius 1 is 0.857 bits per heavy atom. The molecule has 3 aromatic carbocycles. The SMILES string of the molecule is CCN(CC)C(=O)C1CCCN(C2CCN(C(=O)c3cccc4cc5ccccc5cc34)CC2)C1. The van der Waals surface area contributed by atoms with Gasteiger partial charge >= 0.3 is 0 Å². The van der Waals surface area contributed by atoms with Crippen LogP contribution in [0, 0.1) is 5.92 Å². The van der Waals surface area contributed by atoms with E-state index in [-0.39, 0.29) is 11.8 Å². The topological polar surface area (TPSA) is 43.9 Å². The van der Waals surface area contributed by atoms with Gasteiger partial charge in [0.25, 0.3) is 5.91 Å². The van der Waals surface area contributed by atoms with Crippen molar-refractivity contribution < 1.29 is 9.59 Å².